The number of carbonyl (C=O) groups is 1. The average molecular weight is 367 g/mol. The number of morpholine rings is 1. The molecule has 0 saturated carbocycles. The first-order valence-corrected chi connectivity index (χ1v) is 9.03. The van der Waals surface area contributed by atoms with Crippen LogP contribution >= 0.6 is 0 Å². The molecule has 1 aliphatic rings. The number of ether oxygens (including phenoxy) is 1. The molecule has 1 saturated heterocycles. The van der Waals surface area contributed by atoms with E-state index in [0.29, 0.717) is 19.7 Å². The molecule has 4 rings (SSSR count). The van der Waals surface area contributed by atoms with Crippen LogP contribution in [0.3, 0.4) is 0 Å². The molecule has 0 spiro atoms. The van der Waals surface area contributed by atoms with Crippen LogP contribution in [-0.2, 0) is 23.1 Å². The Morgan fingerprint density at radius 3 is 2.89 bits per heavy atom. The van der Waals surface area contributed by atoms with Crippen LogP contribution in [0.4, 0.5) is 10.1 Å². The van der Waals surface area contributed by atoms with E-state index in [0.717, 1.165) is 28.7 Å². The highest BCUT2D eigenvalue weighted by molar-refractivity contribution is 5.94. The largest absolute Gasteiger partial charge is 0.366 e. The molecule has 0 aliphatic carbocycles. The van der Waals surface area contributed by atoms with Crippen LogP contribution in [0, 0.1) is 5.82 Å². The summed E-state index contributed by atoms with van der Waals surface area (Å²) in [6.45, 7) is 2.39. The Balaban J connectivity index is 1.46. The monoisotopic (exact) mass is 367 g/mol. The summed E-state index contributed by atoms with van der Waals surface area (Å²) in [4.78, 5) is 14.7. The minimum absolute atomic E-state index is 0.144. The summed E-state index contributed by atoms with van der Waals surface area (Å²) in [5, 5.41) is 3.80. The molecule has 6 heteroatoms. The van der Waals surface area contributed by atoms with E-state index in [9.17, 15) is 9.18 Å². The van der Waals surface area contributed by atoms with Gasteiger partial charge in [0.25, 0.3) is 5.91 Å². The standard InChI is InChI=1S/C21H22FN3O2/c1-24-12-15(18-11-16(22)7-8-19(18)24)13-25-9-10-27-20(14-25)21(26)23-17-5-3-2-4-6-17/h2-8,11-12,20H,9-10,13-14H2,1H3,(H,23,26)/t20-/m0/s1. The number of nitrogens with one attached hydrogen (secondary N) is 1. The molecule has 27 heavy (non-hydrogen) atoms. The van der Waals surface area contributed by atoms with Crippen molar-refractivity contribution in [2.45, 2.75) is 12.6 Å². The van der Waals surface area contributed by atoms with E-state index in [4.69, 9.17) is 4.74 Å². The molecule has 140 valence electrons. The molecule has 1 fully saturated rings. The minimum atomic E-state index is -0.523. The first-order chi connectivity index (χ1) is 13.1. The minimum Gasteiger partial charge on any atom is -0.366 e. The van der Waals surface area contributed by atoms with Gasteiger partial charge in [-0.15, -0.1) is 0 Å². The lowest BCUT2D eigenvalue weighted by Crippen LogP contribution is -2.47. The van der Waals surface area contributed by atoms with Crippen molar-refractivity contribution >= 4 is 22.5 Å². The fourth-order valence-corrected chi connectivity index (χ4v) is 3.56. The van der Waals surface area contributed by atoms with E-state index >= 15 is 0 Å². The molecule has 1 amide bonds. The first kappa shape index (κ1) is 17.7. The van der Waals surface area contributed by atoms with Crippen LogP contribution in [0.25, 0.3) is 10.9 Å². The number of benzene rings is 2. The molecule has 0 unspecified atom stereocenters. The molecule has 1 aromatic heterocycles. The number of carbonyl (C=O) groups excluding carboxylic acids is 1. The predicted octanol–water partition coefficient (Wildman–Crippen LogP) is 3.16. The SMILES string of the molecule is Cn1cc(CN2CCO[C@H](C(=O)Nc3ccccc3)C2)c2cc(F)ccc21. The fraction of sp³-hybridized carbons (Fsp3) is 0.286. The zero-order valence-corrected chi connectivity index (χ0v) is 15.2. The summed E-state index contributed by atoms with van der Waals surface area (Å²) >= 11 is 0. The van der Waals surface area contributed by atoms with Crippen LogP contribution in [0.15, 0.2) is 54.7 Å². The second-order valence-corrected chi connectivity index (χ2v) is 6.88. The molecule has 1 aliphatic heterocycles. The molecular weight excluding hydrogens is 345 g/mol. The molecule has 1 atom stereocenters. The highest BCUT2D eigenvalue weighted by atomic mass is 19.1. The van der Waals surface area contributed by atoms with Crippen molar-refractivity contribution in [1.29, 1.82) is 0 Å². The lowest BCUT2D eigenvalue weighted by atomic mass is 10.1. The van der Waals surface area contributed by atoms with Crippen molar-refractivity contribution in [3.05, 3.63) is 66.1 Å². The van der Waals surface area contributed by atoms with Crippen molar-refractivity contribution in [2.24, 2.45) is 7.05 Å². The van der Waals surface area contributed by atoms with Gasteiger partial charge in [-0.25, -0.2) is 4.39 Å². The summed E-state index contributed by atoms with van der Waals surface area (Å²) in [6, 6.07) is 14.2. The van der Waals surface area contributed by atoms with Gasteiger partial charge in [-0.3, -0.25) is 9.69 Å². The molecule has 0 radical (unpaired) electrons. The lowest BCUT2D eigenvalue weighted by Gasteiger charge is -2.32. The number of fused-ring (bicyclic) bond motifs is 1. The van der Waals surface area contributed by atoms with Crippen molar-refractivity contribution in [2.75, 3.05) is 25.0 Å². The number of hydrogen-bond acceptors (Lipinski definition) is 3. The van der Waals surface area contributed by atoms with Gasteiger partial charge in [0.05, 0.1) is 6.61 Å². The van der Waals surface area contributed by atoms with E-state index in [-0.39, 0.29) is 11.7 Å². The van der Waals surface area contributed by atoms with Crippen LogP contribution in [0.2, 0.25) is 0 Å². The van der Waals surface area contributed by atoms with Gasteiger partial charge in [0.1, 0.15) is 11.9 Å². The first-order valence-electron chi connectivity index (χ1n) is 9.03. The number of rotatable bonds is 4. The van der Waals surface area contributed by atoms with Gasteiger partial charge in [0.2, 0.25) is 0 Å². The molecule has 2 heterocycles. The average Bonchev–Trinajstić information content (AvgIpc) is 2.97. The van der Waals surface area contributed by atoms with Gasteiger partial charge in [-0.1, -0.05) is 18.2 Å². The maximum absolute atomic E-state index is 13.7. The van der Waals surface area contributed by atoms with Gasteiger partial charge in [0, 0.05) is 49.5 Å². The number of hydrogen-bond donors (Lipinski definition) is 1. The van der Waals surface area contributed by atoms with Crippen molar-refractivity contribution in [1.82, 2.24) is 9.47 Å². The Hall–Kier alpha value is -2.70. The third-order valence-electron chi connectivity index (χ3n) is 4.91. The lowest BCUT2D eigenvalue weighted by molar-refractivity contribution is -0.133. The topological polar surface area (TPSA) is 46.5 Å². The zero-order chi connectivity index (χ0) is 18.8. The quantitative estimate of drug-likeness (QED) is 0.771. The number of aryl methyl sites for hydroxylation is 1. The summed E-state index contributed by atoms with van der Waals surface area (Å²) in [5.74, 6) is -0.382. The number of para-hydroxylation sites is 1. The molecule has 1 N–H and O–H groups in total. The molecule has 2 aromatic carbocycles. The van der Waals surface area contributed by atoms with E-state index in [1.165, 1.54) is 6.07 Å². The third kappa shape index (κ3) is 3.86. The smallest absolute Gasteiger partial charge is 0.254 e. The third-order valence-corrected chi connectivity index (χ3v) is 4.91. The highest BCUT2D eigenvalue weighted by Crippen LogP contribution is 2.24. The molecule has 3 aromatic rings. The number of amides is 1. The summed E-state index contributed by atoms with van der Waals surface area (Å²) in [5.41, 5.74) is 2.81. The van der Waals surface area contributed by atoms with Crippen molar-refractivity contribution in [3.63, 3.8) is 0 Å². The summed E-state index contributed by atoms with van der Waals surface area (Å²) < 4.78 is 21.4. The second-order valence-electron chi connectivity index (χ2n) is 6.88. The summed E-state index contributed by atoms with van der Waals surface area (Å²) in [6.07, 6.45) is 1.50. The van der Waals surface area contributed by atoms with Gasteiger partial charge in [0.15, 0.2) is 0 Å². The van der Waals surface area contributed by atoms with Gasteiger partial charge in [-0.05, 0) is 35.9 Å². The molecule has 0 bridgehead atoms. The number of anilines is 1. The highest BCUT2D eigenvalue weighted by Gasteiger charge is 2.27. The Morgan fingerprint density at radius 1 is 1.26 bits per heavy atom. The Labute approximate surface area is 157 Å². The predicted molar refractivity (Wildman–Crippen MR) is 103 cm³/mol. The van der Waals surface area contributed by atoms with E-state index in [2.05, 4.69) is 10.2 Å². The number of aromatic nitrogens is 1. The fourth-order valence-electron chi connectivity index (χ4n) is 3.56. The number of nitrogens with zero attached hydrogens (tertiary/aromatic N) is 2. The summed E-state index contributed by atoms with van der Waals surface area (Å²) in [7, 11) is 1.96. The molecular formula is C21H22FN3O2. The van der Waals surface area contributed by atoms with E-state index < -0.39 is 6.10 Å². The van der Waals surface area contributed by atoms with Crippen LogP contribution in [-0.4, -0.2) is 41.2 Å². The molecule has 5 nitrogen and oxygen atoms in total. The second kappa shape index (κ2) is 7.50. The van der Waals surface area contributed by atoms with Gasteiger partial charge >= 0.3 is 0 Å². The van der Waals surface area contributed by atoms with Gasteiger partial charge in [-0.2, -0.15) is 0 Å². The Kier molecular flexibility index (Phi) is 4.92. The Morgan fingerprint density at radius 2 is 2.07 bits per heavy atom. The Bertz CT molecular complexity index is 955. The van der Waals surface area contributed by atoms with Crippen molar-refractivity contribution in [3.8, 4) is 0 Å². The number of halogens is 1. The van der Waals surface area contributed by atoms with E-state index in [1.54, 1.807) is 12.1 Å². The van der Waals surface area contributed by atoms with Gasteiger partial charge < -0.3 is 14.6 Å². The van der Waals surface area contributed by atoms with Crippen LogP contribution < -0.4 is 5.32 Å². The normalized spacial score (nSPS) is 17.9. The van der Waals surface area contributed by atoms with E-state index in [1.807, 2.05) is 48.1 Å². The maximum atomic E-state index is 13.7. The van der Waals surface area contributed by atoms with Crippen LogP contribution in [0.1, 0.15) is 5.56 Å². The van der Waals surface area contributed by atoms with Crippen LogP contribution in [0.5, 0.6) is 0 Å². The zero-order valence-electron chi connectivity index (χ0n) is 15.2. The van der Waals surface area contributed by atoms with Crippen molar-refractivity contribution < 1.29 is 13.9 Å². The maximum Gasteiger partial charge on any atom is 0.254 e.